The van der Waals surface area contributed by atoms with Crippen LogP contribution in [0.15, 0.2) is 17.4 Å². The zero-order valence-electron chi connectivity index (χ0n) is 19.0. The Kier molecular flexibility index (Phi) is 11.3. The molecular formula is C21H37IN8O. The molecule has 31 heavy (non-hydrogen) atoms. The van der Waals surface area contributed by atoms with Gasteiger partial charge in [-0.25, -0.2) is 0 Å². The molecule has 0 radical (unpaired) electrons. The summed E-state index contributed by atoms with van der Waals surface area (Å²) in [7, 11) is 0. The summed E-state index contributed by atoms with van der Waals surface area (Å²) in [6, 6.07) is 2.11. The number of nitrogens with zero attached hydrogens (tertiary/aromatic N) is 6. The van der Waals surface area contributed by atoms with Gasteiger partial charge in [-0.15, -0.1) is 34.2 Å². The van der Waals surface area contributed by atoms with Gasteiger partial charge >= 0.3 is 0 Å². The van der Waals surface area contributed by atoms with Crippen molar-refractivity contribution < 1.29 is 4.74 Å². The highest BCUT2D eigenvalue weighted by molar-refractivity contribution is 14.0. The number of aliphatic imine (C=N–C) groups is 1. The van der Waals surface area contributed by atoms with E-state index in [0.29, 0.717) is 6.54 Å². The number of ether oxygens (including phenoxy) is 1. The molecule has 0 aromatic carbocycles. The van der Waals surface area contributed by atoms with E-state index in [1.165, 1.54) is 12.1 Å². The number of hydrogen-bond donors (Lipinski definition) is 2. The molecule has 0 saturated carbocycles. The van der Waals surface area contributed by atoms with Crippen molar-refractivity contribution in [3.05, 3.63) is 29.6 Å². The van der Waals surface area contributed by atoms with Crippen LogP contribution in [0.25, 0.3) is 0 Å². The van der Waals surface area contributed by atoms with Gasteiger partial charge < -0.3 is 19.9 Å². The Hall–Kier alpha value is -1.69. The molecule has 0 amide bonds. The number of aromatic nitrogens is 5. The van der Waals surface area contributed by atoms with Gasteiger partial charge in [0.05, 0.1) is 18.3 Å². The Balaban J connectivity index is 0.00000341. The van der Waals surface area contributed by atoms with Gasteiger partial charge in [0.15, 0.2) is 5.96 Å². The summed E-state index contributed by atoms with van der Waals surface area (Å²) >= 11 is 0. The first-order valence-corrected chi connectivity index (χ1v) is 11.2. The topological polar surface area (TPSA) is 94.2 Å². The van der Waals surface area contributed by atoms with Crippen LogP contribution in [0.1, 0.15) is 49.8 Å². The summed E-state index contributed by atoms with van der Waals surface area (Å²) in [5.41, 5.74) is 2.27. The van der Waals surface area contributed by atoms with Crippen molar-refractivity contribution >= 4 is 29.9 Å². The highest BCUT2D eigenvalue weighted by Gasteiger charge is 2.13. The Labute approximate surface area is 202 Å². The highest BCUT2D eigenvalue weighted by Crippen LogP contribution is 2.12. The molecule has 1 aliphatic heterocycles. The maximum absolute atomic E-state index is 5.83. The molecule has 1 saturated heterocycles. The minimum atomic E-state index is 0. The van der Waals surface area contributed by atoms with Gasteiger partial charge in [-0.3, -0.25) is 9.67 Å². The largest absolute Gasteiger partial charge is 0.376 e. The molecule has 0 spiro atoms. The van der Waals surface area contributed by atoms with E-state index in [9.17, 15) is 0 Å². The smallest absolute Gasteiger partial charge is 0.191 e. The first-order valence-electron chi connectivity index (χ1n) is 11.2. The maximum Gasteiger partial charge on any atom is 0.191 e. The summed E-state index contributed by atoms with van der Waals surface area (Å²) in [6.07, 6.45) is 7.36. The van der Waals surface area contributed by atoms with E-state index in [0.717, 1.165) is 75.9 Å². The van der Waals surface area contributed by atoms with Crippen molar-refractivity contribution in [2.45, 2.75) is 72.1 Å². The predicted molar refractivity (Wildman–Crippen MR) is 133 cm³/mol. The van der Waals surface area contributed by atoms with E-state index in [2.05, 4.69) is 55.1 Å². The summed E-state index contributed by atoms with van der Waals surface area (Å²) in [4.78, 5) is 4.78. The van der Waals surface area contributed by atoms with Crippen LogP contribution in [0.5, 0.6) is 0 Å². The third kappa shape index (κ3) is 8.40. The van der Waals surface area contributed by atoms with Gasteiger partial charge in [0.1, 0.15) is 12.2 Å². The number of hydrogen-bond acceptors (Lipinski definition) is 5. The Morgan fingerprint density at radius 2 is 2.06 bits per heavy atom. The van der Waals surface area contributed by atoms with E-state index in [1.54, 1.807) is 6.33 Å². The SMILES string of the molecule is CCc1nncn1CCNC(=NCC1CCCCO1)NCCCn1nc(C)cc1C.I. The first-order chi connectivity index (χ1) is 14.7. The summed E-state index contributed by atoms with van der Waals surface area (Å²) < 4.78 is 9.97. The molecule has 1 atom stereocenters. The lowest BCUT2D eigenvalue weighted by Crippen LogP contribution is -2.40. The average molecular weight is 544 g/mol. The molecule has 1 fully saturated rings. The van der Waals surface area contributed by atoms with Gasteiger partial charge in [-0.05, 0) is 45.6 Å². The van der Waals surface area contributed by atoms with E-state index in [-0.39, 0.29) is 30.1 Å². The molecule has 9 nitrogen and oxygen atoms in total. The van der Waals surface area contributed by atoms with Crippen LogP contribution in [-0.2, 0) is 24.2 Å². The number of halogens is 1. The lowest BCUT2D eigenvalue weighted by Gasteiger charge is -2.21. The summed E-state index contributed by atoms with van der Waals surface area (Å²) in [6.45, 7) is 11.1. The quantitative estimate of drug-likeness (QED) is 0.207. The first kappa shape index (κ1) is 25.6. The second kappa shape index (κ2) is 13.7. The van der Waals surface area contributed by atoms with Gasteiger partial charge in [0, 0.05) is 44.9 Å². The Bertz CT molecular complexity index is 797. The van der Waals surface area contributed by atoms with Crippen molar-refractivity contribution in [3.8, 4) is 0 Å². The molecule has 2 N–H and O–H groups in total. The van der Waals surface area contributed by atoms with Crippen LogP contribution in [0, 0.1) is 13.8 Å². The van der Waals surface area contributed by atoms with Crippen molar-refractivity contribution in [3.63, 3.8) is 0 Å². The van der Waals surface area contributed by atoms with Gasteiger partial charge in [-0.1, -0.05) is 6.92 Å². The molecule has 174 valence electrons. The zero-order valence-corrected chi connectivity index (χ0v) is 21.3. The van der Waals surface area contributed by atoms with Crippen LogP contribution in [0.4, 0.5) is 0 Å². The predicted octanol–water partition coefficient (Wildman–Crippen LogP) is 2.47. The van der Waals surface area contributed by atoms with Crippen LogP contribution in [0.2, 0.25) is 0 Å². The second-order valence-corrected chi connectivity index (χ2v) is 7.83. The molecule has 3 heterocycles. The van der Waals surface area contributed by atoms with Gasteiger partial charge in [0.2, 0.25) is 0 Å². The third-order valence-electron chi connectivity index (χ3n) is 5.33. The fraction of sp³-hybridized carbons (Fsp3) is 0.714. The van der Waals surface area contributed by atoms with Crippen molar-refractivity contribution in [1.82, 2.24) is 35.2 Å². The molecule has 0 aliphatic carbocycles. The molecule has 10 heteroatoms. The number of aryl methyl sites for hydroxylation is 4. The van der Waals surface area contributed by atoms with Gasteiger partial charge in [-0.2, -0.15) is 5.10 Å². The molecule has 1 aliphatic rings. The fourth-order valence-corrected chi connectivity index (χ4v) is 3.69. The van der Waals surface area contributed by atoms with E-state index in [4.69, 9.17) is 9.73 Å². The minimum Gasteiger partial charge on any atom is -0.376 e. The molecule has 0 bridgehead atoms. The van der Waals surface area contributed by atoms with Gasteiger partial charge in [0.25, 0.3) is 0 Å². The zero-order chi connectivity index (χ0) is 21.2. The Morgan fingerprint density at radius 1 is 1.23 bits per heavy atom. The third-order valence-corrected chi connectivity index (χ3v) is 5.33. The standard InChI is InChI=1S/C21H36N8O.HI/c1-4-20-26-25-16-28(20)12-10-23-21(24-15-19-8-5-6-13-30-19)22-9-7-11-29-18(3)14-17(2)27-29;/h14,16,19H,4-13,15H2,1-3H3,(H2,22,23,24);1H. The van der Waals surface area contributed by atoms with E-state index in [1.807, 2.05) is 6.92 Å². The fourth-order valence-electron chi connectivity index (χ4n) is 3.69. The van der Waals surface area contributed by atoms with E-state index >= 15 is 0 Å². The van der Waals surface area contributed by atoms with Crippen molar-refractivity contribution in [2.24, 2.45) is 4.99 Å². The number of rotatable bonds is 10. The number of guanidine groups is 1. The lowest BCUT2D eigenvalue weighted by molar-refractivity contribution is 0.0224. The highest BCUT2D eigenvalue weighted by atomic mass is 127. The molecule has 3 rings (SSSR count). The molecule has 2 aromatic rings. The van der Waals surface area contributed by atoms with Crippen LogP contribution < -0.4 is 10.6 Å². The number of nitrogens with one attached hydrogen (secondary N) is 2. The van der Waals surface area contributed by atoms with Crippen LogP contribution >= 0.6 is 24.0 Å². The normalized spacial score (nSPS) is 16.7. The maximum atomic E-state index is 5.83. The van der Waals surface area contributed by atoms with E-state index < -0.39 is 0 Å². The second-order valence-electron chi connectivity index (χ2n) is 7.83. The molecular weight excluding hydrogens is 507 g/mol. The lowest BCUT2D eigenvalue weighted by atomic mass is 10.1. The Morgan fingerprint density at radius 3 is 2.77 bits per heavy atom. The average Bonchev–Trinajstić information content (AvgIpc) is 3.34. The van der Waals surface area contributed by atoms with Crippen molar-refractivity contribution in [1.29, 1.82) is 0 Å². The molecule has 1 unspecified atom stereocenters. The van der Waals surface area contributed by atoms with Crippen LogP contribution in [0.3, 0.4) is 0 Å². The van der Waals surface area contributed by atoms with Crippen molar-refractivity contribution in [2.75, 3.05) is 26.2 Å². The minimum absolute atomic E-state index is 0. The monoisotopic (exact) mass is 544 g/mol. The summed E-state index contributed by atoms with van der Waals surface area (Å²) in [5, 5.41) is 19.6. The molecule has 2 aromatic heterocycles. The summed E-state index contributed by atoms with van der Waals surface area (Å²) in [5.74, 6) is 1.84. The van der Waals surface area contributed by atoms with Crippen LogP contribution in [-0.4, -0.2) is 62.8 Å².